The molecule has 15 heavy (non-hydrogen) atoms. The summed E-state index contributed by atoms with van der Waals surface area (Å²) < 4.78 is 0. The molecule has 0 aromatic heterocycles. The molecule has 0 heterocycles. The maximum atomic E-state index is 9.37. The molecule has 0 aliphatic rings. The summed E-state index contributed by atoms with van der Waals surface area (Å²) in [6, 6.07) is 0. The average Bonchev–Trinajstić information content (AvgIpc) is 2.01. The van der Waals surface area contributed by atoms with Crippen LogP contribution >= 0.6 is 0 Å². The van der Waals surface area contributed by atoms with E-state index in [0.29, 0.717) is 11.7 Å². The van der Waals surface area contributed by atoms with Crippen molar-refractivity contribution >= 4 is 0 Å². The summed E-state index contributed by atoms with van der Waals surface area (Å²) in [5.41, 5.74) is 2.68. The number of hydrogen-bond acceptors (Lipinski definition) is 2. The van der Waals surface area contributed by atoms with Crippen LogP contribution in [0.2, 0.25) is 0 Å². The average molecular weight is 211 g/mol. The first kappa shape index (κ1) is 14.2. The molecule has 0 atom stereocenters. The molecule has 0 radical (unpaired) electrons. The van der Waals surface area contributed by atoms with E-state index >= 15 is 0 Å². The van der Waals surface area contributed by atoms with Gasteiger partial charge < -0.3 is 10.0 Å². The number of hydrogen-bond donors (Lipinski definition) is 1. The van der Waals surface area contributed by atoms with Crippen LogP contribution in [0.5, 0.6) is 0 Å². The molecule has 0 aliphatic carbocycles. The van der Waals surface area contributed by atoms with Crippen LogP contribution in [0, 0.1) is 5.92 Å². The Morgan fingerprint density at radius 2 is 1.87 bits per heavy atom. The number of likely N-dealkylation sites (N-methyl/N-ethyl adjacent to an activating group) is 1. The standard InChI is InChI=1S/C13H25NO/c1-7-13(10(2)3)12(8-11(4)15)9-14(5)6/h8,10,15H,7,9H2,1-6H3/b11-8+,13-12-. The lowest BCUT2D eigenvalue weighted by atomic mass is 9.94. The second kappa shape index (κ2) is 6.67. The molecule has 2 nitrogen and oxygen atoms in total. The molecule has 0 aromatic carbocycles. The van der Waals surface area contributed by atoms with Gasteiger partial charge in [0.15, 0.2) is 0 Å². The lowest BCUT2D eigenvalue weighted by Crippen LogP contribution is -2.17. The monoisotopic (exact) mass is 211 g/mol. The molecule has 0 saturated heterocycles. The molecule has 0 saturated carbocycles. The second-order valence-corrected chi connectivity index (χ2v) is 4.58. The van der Waals surface area contributed by atoms with Gasteiger partial charge in [-0.3, -0.25) is 0 Å². The van der Waals surface area contributed by atoms with E-state index in [9.17, 15) is 5.11 Å². The molecule has 2 heteroatoms. The van der Waals surface area contributed by atoms with E-state index in [1.54, 1.807) is 6.92 Å². The van der Waals surface area contributed by atoms with E-state index in [0.717, 1.165) is 13.0 Å². The molecule has 0 spiro atoms. The Hall–Kier alpha value is -0.760. The van der Waals surface area contributed by atoms with E-state index in [2.05, 4.69) is 25.7 Å². The molecule has 0 aromatic rings. The third kappa shape index (κ3) is 5.63. The predicted molar refractivity (Wildman–Crippen MR) is 67.1 cm³/mol. The maximum Gasteiger partial charge on any atom is 0.0894 e. The Bertz CT molecular complexity index is 245. The fourth-order valence-corrected chi connectivity index (χ4v) is 1.84. The quantitative estimate of drug-likeness (QED) is 0.556. The van der Waals surface area contributed by atoms with Crippen molar-refractivity contribution in [1.82, 2.24) is 4.90 Å². The summed E-state index contributed by atoms with van der Waals surface area (Å²) in [5.74, 6) is 0.930. The van der Waals surface area contributed by atoms with Crippen LogP contribution < -0.4 is 0 Å². The summed E-state index contributed by atoms with van der Waals surface area (Å²) in [6.45, 7) is 9.19. The first-order valence-electron chi connectivity index (χ1n) is 5.62. The van der Waals surface area contributed by atoms with Crippen LogP contribution in [0.4, 0.5) is 0 Å². The van der Waals surface area contributed by atoms with Crippen LogP contribution in [-0.2, 0) is 0 Å². The van der Waals surface area contributed by atoms with Gasteiger partial charge in [0.2, 0.25) is 0 Å². The zero-order valence-corrected chi connectivity index (χ0v) is 11.0. The highest BCUT2D eigenvalue weighted by Gasteiger charge is 2.08. The first-order valence-corrected chi connectivity index (χ1v) is 5.62. The molecular formula is C13H25NO. The van der Waals surface area contributed by atoms with Gasteiger partial charge in [-0.25, -0.2) is 0 Å². The van der Waals surface area contributed by atoms with Crippen molar-refractivity contribution in [3.63, 3.8) is 0 Å². The van der Waals surface area contributed by atoms with E-state index in [4.69, 9.17) is 0 Å². The molecule has 0 rings (SSSR count). The minimum absolute atomic E-state index is 0.387. The Morgan fingerprint density at radius 1 is 1.33 bits per heavy atom. The predicted octanol–water partition coefficient (Wildman–Crippen LogP) is 3.37. The summed E-state index contributed by atoms with van der Waals surface area (Å²) in [7, 11) is 4.10. The Labute approximate surface area is 94.3 Å². The van der Waals surface area contributed by atoms with Gasteiger partial charge in [-0.05, 0) is 45.0 Å². The van der Waals surface area contributed by atoms with Crippen molar-refractivity contribution in [2.75, 3.05) is 20.6 Å². The summed E-state index contributed by atoms with van der Waals surface area (Å²) in [5, 5.41) is 9.37. The van der Waals surface area contributed by atoms with Crippen molar-refractivity contribution in [2.45, 2.75) is 34.1 Å². The summed E-state index contributed by atoms with van der Waals surface area (Å²) in [4.78, 5) is 2.13. The Kier molecular flexibility index (Phi) is 6.34. The highest BCUT2D eigenvalue weighted by Crippen LogP contribution is 2.20. The first-order chi connectivity index (χ1) is 6.88. The van der Waals surface area contributed by atoms with Crippen LogP contribution in [0.3, 0.4) is 0 Å². The third-order valence-corrected chi connectivity index (χ3v) is 2.36. The fraction of sp³-hybridized carbons (Fsp3) is 0.692. The van der Waals surface area contributed by atoms with Crippen LogP contribution in [0.25, 0.3) is 0 Å². The molecule has 0 unspecified atom stereocenters. The van der Waals surface area contributed by atoms with Crippen molar-refractivity contribution in [3.8, 4) is 0 Å². The minimum atomic E-state index is 0.387. The van der Waals surface area contributed by atoms with Crippen LogP contribution in [0.15, 0.2) is 23.0 Å². The van der Waals surface area contributed by atoms with Crippen LogP contribution in [-0.4, -0.2) is 30.6 Å². The highest BCUT2D eigenvalue weighted by atomic mass is 16.3. The Morgan fingerprint density at radius 3 is 2.13 bits per heavy atom. The molecule has 0 bridgehead atoms. The van der Waals surface area contributed by atoms with Crippen molar-refractivity contribution in [3.05, 3.63) is 23.0 Å². The highest BCUT2D eigenvalue weighted by molar-refractivity contribution is 5.29. The van der Waals surface area contributed by atoms with Gasteiger partial charge in [-0.1, -0.05) is 26.3 Å². The molecule has 0 amide bonds. The van der Waals surface area contributed by atoms with Crippen LogP contribution in [0.1, 0.15) is 34.1 Å². The van der Waals surface area contributed by atoms with Gasteiger partial charge in [0.25, 0.3) is 0 Å². The lowest BCUT2D eigenvalue weighted by Gasteiger charge is -2.18. The Balaban J connectivity index is 5.11. The molecule has 0 fully saturated rings. The summed E-state index contributed by atoms with van der Waals surface area (Å²) >= 11 is 0. The number of aliphatic hydroxyl groups is 1. The minimum Gasteiger partial charge on any atom is -0.513 e. The number of rotatable bonds is 5. The van der Waals surface area contributed by atoms with Crippen molar-refractivity contribution < 1.29 is 5.11 Å². The second-order valence-electron chi connectivity index (χ2n) is 4.58. The fourth-order valence-electron chi connectivity index (χ4n) is 1.84. The largest absolute Gasteiger partial charge is 0.513 e. The molecule has 0 aliphatic heterocycles. The molecule has 88 valence electrons. The van der Waals surface area contributed by atoms with Gasteiger partial charge in [0, 0.05) is 6.54 Å². The lowest BCUT2D eigenvalue weighted by molar-refractivity contribution is 0.409. The van der Waals surface area contributed by atoms with Crippen molar-refractivity contribution in [2.24, 2.45) is 5.92 Å². The van der Waals surface area contributed by atoms with Gasteiger partial charge in [-0.2, -0.15) is 0 Å². The van der Waals surface area contributed by atoms with Gasteiger partial charge in [0.1, 0.15) is 0 Å². The van der Waals surface area contributed by atoms with Gasteiger partial charge in [-0.15, -0.1) is 0 Å². The molecular weight excluding hydrogens is 186 g/mol. The van der Waals surface area contributed by atoms with Gasteiger partial charge in [0.05, 0.1) is 5.76 Å². The topological polar surface area (TPSA) is 23.5 Å². The zero-order chi connectivity index (χ0) is 12.0. The van der Waals surface area contributed by atoms with E-state index in [1.165, 1.54) is 11.1 Å². The van der Waals surface area contributed by atoms with E-state index < -0.39 is 0 Å². The maximum absolute atomic E-state index is 9.37. The van der Waals surface area contributed by atoms with Crippen molar-refractivity contribution in [1.29, 1.82) is 0 Å². The molecule has 1 N–H and O–H groups in total. The third-order valence-electron chi connectivity index (χ3n) is 2.36. The normalized spacial score (nSPS) is 14.8. The van der Waals surface area contributed by atoms with E-state index in [1.807, 2.05) is 20.2 Å². The summed E-state index contributed by atoms with van der Waals surface area (Å²) in [6.07, 6.45) is 2.93. The smallest absolute Gasteiger partial charge is 0.0894 e. The van der Waals surface area contributed by atoms with Gasteiger partial charge >= 0.3 is 0 Å². The number of nitrogens with zero attached hydrogens (tertiary/aromatic N) is 1. The number of aliphatic hydroxyl groups excluding tert-OH is 1. The number of allylic oxidation sites excluding steroid dienone is 2. The van der Waals surface area contributed by atoms with E-state index in [-0.39, 0.29) is 0 Å². The zero-order valence-electron chi connectivity index (χ0n) is 11.0. The SMILES string of the molecule is CC/C(=C(\C=C(/C)O)CN(C)C)C(C)C.